The van der Waals surface area contributed by atoms with Crippen molar-refractivity contribution in [3.63, 3.8) is 0 Å². The number of piperazine rings is 1. The Balaban J connectivity index is 2.28. The van der Waals surface area contributed by atoms with E-state index in [4.69, 9.17) is 0 Å². The maximum Gasteiger partial charge on any atom is 0.274 e. The van der Waals surface area contributed by atoms with Crippen LogP contribution >= 0.6 is 0 Å². The summed E-state index contributed by atoms with van der Waals surface area (Å²) in [6, 6.07) is 6.99. The predicted octanol–water partition coefficient (Wildman–Crippen LogP) is 1.17. The lowest BCUT2D eigenvalue weighted by Gasteiger charge is -2.30. The van der Waals surface area contributed by atoms with E-state index in [1.165, 1.54) is 0 Å². The smallest absolute Gasteiger partial charge is 0.274 e. The quantitative estimate of drug-likeness (QED) is 0.601. The van der Waals surface area contributed by atoms with Crippen LogP contribution < -0.4 is 5.32 Å². The van der Waals surface area contributed by atoms with Crippen LogP contribution in [-0.4, -0.2) is 36.5 Å². The molecule has 1 unspecified atom stereocenters. The molecule has 86 valence electrons. The zero-order chi connectivity index (χ0) is 11.5. The van der Waals surface area contributed by atoms with Gasteiger partial charge >= 0.3 is 0 Å². The van der Waals surface area contributed by atoms with E-state index >= 15 is 0 Å². The van der Waals surface area contributed by atoms with Crippen LogP contribution in [0.15, 0.2) is 24.3 Å². The van der Waals surface area contributed by atoms with Gasteiger partial charge in [0.1, 0.15) is 0 Å². The van der Waals surface area contributed by atoms with Crippen molar-refractivity contribution in [1.29, 1.82) is 0 Å². The van der Waals surface area contributed by atoms with Gasteiger partial charge in [-0.05, 0) is 7.05 Å². The number of hydrogen-bond donors (Lipinski definition) is 1. The Morgan fingerprint density at radius 3 is 2.94 bits per heavy atom. The van der Waals surface area contributed by atoms with E-state index in [1.54, 1.807) is 12.1 Å². The second-order valence-electron chi connectivity index (χ2n) is 4.08. The van der Waals surface area contributed by atoms with Crippen LogP contribution in [0.1, 0.15) is 11.6 Å². The molecule has 16 heavy (non-hydrogen) atoms. The number of likely N-dealkylation sites (N-methyl/N-ethyl adjacent to an activating group) is 1. The minimum Gasteiger partial charge on any atom is -0.307 e. The summed E-state index contributed by atoms with van der Waals surface area (Å²) in [5.41, 5.74) is 0.981. The normalized spacial score (nSPS) is 21.9. The van der Waals surface area contributed by atoms with Crippen LogP contribution in [0.25, 0.3) is 0 Å². The summed E-state index contributed by atoms with van der Waals surface area (Å²) in [5, 5.41) is 14.2. The molecule has 1 N–H and O–H groups in total. The number of para-hydroxylation sites is 1. The van der Waals surface area contributed by atoms with Crippen molar-refractivity contribution in [2.45, 2.75) is 6.04 Å². The number of rotatable bonds is 2. The van der Waals surface area contributed by atoms with E-state index in [2.05, 4.69) is 10.2 Å². The number of nitro groups is 1. The average molecular weight is 221 g/mol. The highest BCUT2D eigenvalue weighted by molar-refractivity contribution is 5.42. The van der Waals surface area contributed by atoms with Crippen LogP contribution in [0.5, 0.6) is 0 Å². The topological polar surface area (TPSA) is 58.4 Å². The Labute approximate surface area is 94.2 Å². The first-order chi connectivity index (χ1) is 7.68. The SMILES string of the molecule is CN1CCNC(c2ccccc2[N+](=O)[O-])C1. The molecule has 5 nitrogen and oxygen atoms in total. The zero-order valence-electron chi connectivity index (χ0n) is 9.22. The lowest BCUT2D eigenvalue weighted by Crippen LogP contribution is -2.43. The summed E-state index contributed by atoms with van der Waals surface area (Å²) < 4.78 is 0. The van der Waals surface area contributed by atoms with Crippen LogP contribution in [0.4, 0.5) is 5.69 Å². The first-order valence-electron chi connectivity index (χ1n) is 5.33. The van der Waals surface area contributed by atoms with Crippen molar-refractivity contribution < 1.29 is 4.92 Å². The molecule has 0 bridgehead atoms. The third kappa shape index (κ3) is 2.20. The highest BCUT2D eigenvalue weighted by atomic mass is 16.6. The summed E-state index contributed by atoms with van der Waals surface area (Å²) >= 11 is 0. The van der Waals surface area contributed by atoms with Crippen LogP contribution in [-0.2, 0) is 0 Å². The summed E-state index contributed by atoms with van der Waals surface area (Å²) in [6.45, 7) is 2.66. The van der Waals surface area contributed by atoms with E-state index in [1.807, 2.05) is 19.2 Å². The number of nitrogens with one attached hydrogen (secondary N) is 1. The average Bonchev–Trinajstić information content (AvgIpc) is 2.29. The van der Waals surface area contributed by atoms with Crippen LogP contribution in [0.2, 0.25) is 0 Å². The van der Waals surface area contributed by atoms with E-state index in [9.17, 15) is 10.1 Å². The van der Waals surface area contributed by atoms with Gasteiger partial charge in [0.25, 0.3) is 5.69 Å². The summed E-state index contributed by atoms with van der Waals surface area (Å²) in [4.78, 5) is 12.8. The highest BCUT2D eigenvalue weighted by Crippen LogP contribution is 2.26. The highest BCUT2D eigenvalue weighted by Gasteiger charge is 2.24. The lowest BCUT2D eigenvalue weighted by molar-refractivity contribution is -0.385. The second-order valence-corrected chi connectivity index (χ2v) is 4.08. The van der Waals surface area contributed by atoms with Gasteiger partial charge < -0.3 is 10.2 Å². The molecule has 1 aromatic carbocycles. The van der Waals surface area contributed by atoms with Gasteiger partial charge in [-0.25, -0.2) is 0 Å². The van der Waals surface area contributed by atoms with Gasteiger partial charge in [0.15, 0.2) is 0 Å². The Kier molecular flexibility index (Phi) is 3.17. The molecule has 0 amide bonds. The molecule has 0 saturated carbocycles. The first-order valence-corrected chi connectivity index (χ1v) is 5.33. The molecule has 1 saturated heterocycles. The molecule has 1 fully saturated rings. The summed E-state index contributed by atoms with van der Waals surface area (Å²) in [5.74, 6) is 0. The van der Waals surface area contributed by atoms with E-state index < -0.39 is 0 Å². The van der Waals surface area contributed by atoms with Crippen molar-refractivity contribution in [3.8, 4) is 0 Å². The predicted molar refractivity (Wildman–Crippen MR) is 61.3 cm³/mol. The molecule has 1 aliphatic rings. The minimum atomic E-state index is -0.314. The molecule has 0 radical (unpaired) electrons. The monoisotopic (exact) mass is 221 g/mol. The van der Waals surface area contributed by atoms with Gasteiger partial charge in [0.2, 0.25) is 0 Å². The standard InChI is InChI=1S/C11H15N3O2/c1-13-7-6-12-10(8-13)9-4-2-3-5-11(9)14(15)16/h2-5,10,12H,6-8H2,1H3. The van der Waals surface area contributed by atoms with Gasteiger partial charge in [-0.2, -0.15) is 0 Å². The maximum atomic E-state index is 10.9. The van der Waals surface area contributed by atoms with E-state index in [0.717, 1.165) is 25.2 Å². The molecule has 2 rings (SSSR count). The molecule has 0 spiro atoms. The number of nitro benzene ring substituents is 1. The van der Waals surface area contributed by atoms with Gasteiger partial charge in [0.05, 0.1) is 11.0 Å². The van der Waals surface area contributed by atoms with Crippen LogP contribution in [0.3, 0.4) is 0 Å². The molecule has 5 heteroatoms. The van der Waals surface area contributed by atoms with Crippen molar-refractivity contribution in [2.24, 2.45) is 0 Å². The fraction of sp³-hybridized carbons (Fsp3) is 0.455. The zero-order valence-corrected chi connectivity index (χ0v) is 9.22. The molecule has 0 aliphatic carbocycles. The maximum absolute atomic E-state index is 10.9. The minimum absolute atomic E-state index is 0.0559. The van der Waals surface area contributed by atoms with Gasteiger partial charge in [-0.1, -0.05) is 18.2 Å². The molecular weight excluding hydrogens is 206 g/mol. The van der Waals surface area contributed by atoms with E-state index in [0.29, 0.717) is 0 Å². The van der Waals surface area contributed by atoms with E-state index in [-0.39, 0.29) is 16.7 Å². The summed E-state index contributed by atoms with van der Waals surface area (Å²) in [6.07, 6.45) is 0. The van der Waals surface area contributed by atoms with Crippen molar-refractivity contribution in [3.05, 3.63) is 39.9 Å². The Morgan fingerprint density at radius 2 is 2.25 bits per heavy atom. The molecule has 1 aliphatic heterocycles. The summed E-state index contributed by atoms with van der Waals surface area (Å²) in [7, 11) is 2.03. The van der Waals surface area contributed by atoms with Gasteiger partial charge in [0, 0.05) is 31.3 Å². The number of benzene rings is 1. The second kappa shape index (κ2) is 4.59. The van der Waals surface area contributed by atoms with Gasteiger partial charge in [-0.3, -0.25) is 10.1 Å². The third-order valence-electron chi connectivity index (χ3n) is 2.89. The molecule has 1 heterocycles. The fourth-order valence-electron chi connectivity index (χ4n) is 2.05. The fourth-order valence-corrected chi connectivity index (χ4v) is 2.05. The Hall–Kier alpha value is -1.46. The Morgan fingerprint density at radius 1 is 1.50 bits per heavy atom. The largest absolute Gasteiger partial charge is 0.307 e. The first kappa shape index (κ1) is 11.0. The molecule has 1 aromatic rings. The lowest BCUT2D eigenvalue weighted by atomic mass is 10.0. The number of nitrogens with zero attached hydrogens (tertiary/aromatic N) is 2. The molecule has 1 atom stereocenters. The third-order valence-corrected chi connectivity index (χ3v) is 2.89. The molecule has 0 aromatic heterocycles. The van der Waals surface area contributed by atoms with Crippen molar-refractivity contribution >= 4 is 5.69 Å². The van der Waals surface area contributed by atoms with Crippen LogP contribution in [0, 0.1) is 10.1 Å². The molecular formula is C11H15N3O2. The van der Waals surface area contributed by atoms with Crippen molar-refractivity contribution in [2.75, 3.05) is 26.7 Å². The number of hydrogen-bond acceptors (Lipinski definition) is 4. The van der Waals surface area contributed by atoms with Crippen molar-refractivity contribution in [1.82, 2.24) is 10.2 Å². The Bertz CT molecular complexity index is 395. The van der Waals surface area contributed by atoms with Gasteiger partial charge in [-0.15, -0.1) is 0 Å².